The second-order valence-electron chi connectivity index (χ2n) is 4.60. The van der Waals surface area contributed by atoms with E-state index >= 15 is 0 Å². The molecule has 20 heavy (non-hydrogen) atoms. The molecule has 1 aliphatic rings. The summed E-state index contributed by atoms with van der Waals surface area (Å²) in [4.78, 5) is 13.7. The summed E-state index contributed by atoms with van der Waals surface area (Å²) in [5.41, 5.74) is 7.47. The summed E-state index contributed by atoms with van der Waals surface area (Å²) in [6.45, 7) is 0. The van der Waals surface area contributed by atoms with E-state index in [1.165, 1.54) is 4.90 Å². The lowest BCUT2D eigenvalue weighted by molar-refractivity contribution is 0.0935. The minimum Gasteiger partial charge on any atom is -0.384 e. The molecule has 1 atom stereocenters. The highest BCUT2D eigenvalue weighted by Gasteiger charge is 2.36. The van der Waals surface area contributed by atoms with Gasteiger partial charge in [-0.1, -0.05) is 24.3 Å². The average Bonchev–Trinajstić information content (AvgIpc) is 2.71. The molecule has 0 aliphatic carbocycles. The molecule has 3 rings (SSSR count). The third-order valence-corrected chi connectivity index (χ3v) is 3.37. The van der Waals surface area contributed by atoms with E-state index in [0.29, 0.717) is 22.4 Å². The van der Waals surface area contributed by atoms with Crippen LogP contribution < -0.4 is 10.6 Å². The summed E-state index contributed by atoms with van der Waals surface area (Å²) in [7, 11) is 0. The van der Waals surface area contributed by atoms with E-state index in [4.69, 9.17) is 11.1 Å². The fourth-order valence-corrected chi connectivity index (χ4v) is 2.37. The number of nitrogens with one attached hydrogen (secondary N) is 1. The topological polar surface area (TPSA) is 90.4 Å². The van der Waals surface area contributed by atoms with Crippen molar-refractivity contribution in [1.82, 2.24) is 0 Å². The summed E-state index contributed by atoms with van der Waals surface area (Å²) < 4.78 is 0. The molecule has 1 aliphatic heterocycles. The second kappa shape index (κ2) is 4.47. The van der Waals surface area contributed by atoms with Crippen LogP contribution in [0.2, 0.25) is 0 Å². The number of para-hydroxylation sites is 1. The van der Waals surface area contributed by atoms with Crippen LogP contribution in [-0.4, -0.2) is 16.8 Å². The molecule has 2 aromatic carbocycles. The summed E-state index contributed by atoms with van der Waals surface area (Å²) in [6.07, 6.45) is -1.06. The van der Waals surface area contributed by atoms with Crippen LogP contribution in [0.15, 0.2) is 48.5 Å². The van der Waals surface area contributed by atoms with Crippen molar-refractivity contribution in [3.05, 3.63) is 65.2 Å². The van der Waals surface area contributed by atoms with E-state index in [9.17, 15) is 9.90 Å². The number of carbonyl (C=O) groups is 1. The number of nitrogen functional groups attached to an aromatic ring is 1. The maximum Gasteiger partial charge on any atom is 0.261 e. The van der Waals surface area contributed by atoms with Gasteiger partial charge in [-0.05, 0) is 24.3 Å². The molecular weight excluding hydrogens is 254 g/mol. The van der Waals surface area contributed by atoms with Crippen LogP contribution in [0.4, 0.5) is 5.69 Å². The van der Waals surface area contributed by atoms with Crippen molar-refractivity contribution in [2.75, 3.05) is 4.90 Å². The van der Waals surface area contributed by atoms with Gasteiger partial charge in [0.1, 0.15) is 5.84 Å². The number of aliphatic hydroxyl groups excluding tert-OH is 1. The first-order valence-corrected chi connectivity index (χ1v) is 6.14. The Morgan fingerprint density at radius 1 is 1.20 bits per heavy atom. The van der Waals surface area contributed by atoms with Gasteiger partial charge in [0, 0.05) is 22.4 Å². The van der Waals surface area contributed by atoms with Crippen LogP contribution >= 0.6 is 0 Å². The Morgan fingerprint density at radius 2 is 1.90 bits per heavy atom. The highest BCUT2D eigenvalue weighted by atomic mass is 16.3. The van der Waals surface area contributed by atoms with Gasteiger partial charge >= 0.3 is 0 Å². The quantitative estimate of drug-likeness (QED) is 0.570. The molecule has 0 radical (unpaired) electrons. The van der Waals surface area contributed by atoms with Crippen LogP contribution in [0.5, 0.6) is 0 Å². The number of anilines is 1. The number of nitrogens with zero attached hydrogens (tertiary/aromatic N) is 1. The maximum absolute atomic E-state index is 12.4. The zero-order valence-corrected chi connectivity index (χ0v) is 10.6. The number of amides is 1. The Morgan fingerprint density at radius 3 is 2.55 bits per heavy atom. The number of carbonyl (C=O) groups excluding carboxylic acids is 1. The molecule has 0 bridgehead atoms. The predicted molar refractivity (Wildman–Crippen MR) is 75.7 cm³/mol. The van der Waals surface area contributed by atoms with Gasteiger partial charge in [0.05, 0.1) is 0 Å². The van der Waals surface area contributed by atoms with Gasteiger partial charge in [-0.3, -0.25) is 15.1 Å². The molecule has 2 aromatic rings. The SMILES string of the molecule is N=C(N)c1ccc2c(c1)C(O)N(c1ccccc1)C2=O. The number of hydrogen-bond donors (Lipinski definition) is 3. The Balaban J connectivity index is 2.08. The normalized spacial score (nSPS) is 17.1. The number of nitrogens with two attached hydrogens (primary N) is 1. The van der Waals surface area contributed by atoms with Crippen molar-refractivity contribution in [3.8, 4) is 0 Å². The molecule has 4 N–H and O–H groups in total. The van der Waals surface area contributed by atoms with Crippen LogP contribution in [-0.2, 0) is 0 Å². The largest absolute Gasteiger partial charge is 0.384 e. The van der Waals surface area contributed by atoms with Crippen LogP contribution in [0.3, 0.4) is 0 Å². The fourth-order valence-electron chi connectivity index (χ4n) is 2.37. The fraction of sp³-hybridized carbons (Fsp3) is 0.0667. The number of hydrogen-bond acceptors (Lipinski definition) is 3. The van der Waals surface area contributed by atoms with E-state index in [0.717, 1.165) is 0 Å². The van der Waals surface area contributed by atoms with Gasteiger partial charge in [-0.2, -0.15) is 0 Å². The number of aliphatic hydroxyl groups is 1. The Bertz CT molecular complexity index is 698. The third kappa shape index (κ3) is 1.76. The minimum atomic E-state index is -1.06. The van der Waals surface area contributed by atoms with E-state index in [-0.39, 0.29) is 11.7 Å². The van der Waals surface area contributed by atoms with Crippen LogP contribution in [0, 0.1) is 5.41 Å². The zero-order chi connectivity index (χ0) is 14.3. The standard InChI is InChI=1S/C15H13N3O2/c16-13(17)9-6-7-11-12(8-9)15(20)18(14(11)19)10-4-2-1-3-5-10/h1-8,15,20H,(H3,16,17). The van der Waals surface area contributed by atoms with Crippen molar-refractivity contribution in [3.63, 3.8) is 0 Å². The molecule has 0 saturated carbocycles. The molecule has 5 heteroatoms. The van der Waals surface area contributed by atoms with Crippen molar-refractivity contribution in [2.45, 2.75) is 6.23 Å². The van der Waals surface area contributed by atoms with Gasteiger partial charge in [0.2, 0.25) is 0 Å². The Kier molecular flexibility index (Phi) is 2.76. The molecule has 1 amide bonds. The zero-order valence-electron chi connectivity index (χ0n) is 10.6. The van der Waals surface area contributed by atoms with Crippen molar-refractivity contribution in [2.24, 2.45) is 5.73 Å². The highest BCUT2D eigenvalue weighted by molar-refractivity contribution is 6.11. The van der Waals surface area contributed by atoms with E-state index in [2.05, 4.69) is 0 Å². The van der Waals surface area contributed by atoms with E-state index in [1.807, 2.05) is 6.07 Å². The maximum atomic E-state index is 12.4. The third-order valence-electron chi connectivity index (χ3n) is 3.37. The molecule has 0 fully saturated rings. The number of fused-ring (bicyclic) bond motifs is 1. The van der Waals surface area contributed by atoms with Gasteiger partial charge in [0.25, 0.3) is 5.91 Å². The van der Waals surface area contributed by atoms with Crippen LogP contribution in [0.1, 0.15) is 27.7 Å². The highest BCUT2D eigenvalue weighted by Crippen LogP contribution is 2.36. The van der Waals surface area contributed by atoms with E-state index < -0.39 is 6.23 Å². The first-order valence-electron chi connectivity index (χ1n) is 6.14. The van der Waals surface area contributed by atoms with Gasteiger partial charge in [-0.25, -0.2) is 0 Å². The summed E-state index contributed by atoms with van der Waals surface area (Å²) in [5, 5.41) is 17.8. The summed E-state index contributed by atoms with van der Waals surface area (Å²) in [6, 6.07) is 13.8. The first kappa shape index (κ1) is 12.4. The number of amidine groups is 1. The summed E-state index contributed by atoms with van der Waals surface area (Å²) in [5.74, 6) is -0.348. The van der Waals surface area contributed by atoms with E-state index in [1.54, 1.807) is 42.5 Å². The van der Waals surface area contributed by atoms with Crippen LogP contribution in [0.25, 0.3) is 0 Å². The van der Waals surface area contributed by atoms with Crippen molar-refractivity contribution in [1.29, 1.82) is 5.41 Å². The smallest absolute Gasteiger partial charge is 0.261 e. The van der Waals surface area contributed by atoms with Gasteiger partial charge in [0.15, 0.2) is 6.23 Å². The minimum absolute atomic E-state index is 0.0920. The lowest BCUT2D eigenvalue weighted by atomic mass is 10.0. The molecular formula is C15H13N3O2. The molecule has 100 valence electrons. The molecule has 1 heterocycles. The molecule has 5 nitrogen and oxygen atoms in total. The van der Waals surface area contributed by atoms with Crippen molar-refractivity contribution < 1.29 is 9.90 Å². The second-order valence-corrected chi connectivity index (χ2v) is 4.60. The van der Waals surface area contributed by atoms with Gasteiger partial charge < -0.3 is 10.8 Å². The molecule has 0 spiro atoms. The summed E-state index contributed by atoms with van der Waals surface area (Å²) >= 11 is 0. The number of benzene rings is 2. The lowest BCUT2D eigenvalue weighted by Gasteiger charge is -2.20. The van der Waals surface area contributed by atoms with Crippen molar-refractivity contribution >= 4 is 17.4 Å². The molecule has 1 unspecified atom stereocenters. The lowest BCUT2D eigenvalue weighted by Crippen LogP contribution is -2.27. The molecule has 0 saturated heterocycles. The average molecular weight is 267 g/mol. The van der Waals surface area contributed by atoms with Gasteiger partial charge in [-0.15, -0.1) is 0 Å². The Hall–Kier alpha value is -2.66. The number of rotatable bonds is 2. The Labute approximate surface area is 115 Å². The molecule has 0 aromatic heterocycles. The monoisotopic (exact) mass is 267 g/mol. The predicted octanol–water partition coefficient (Wildman–Crippen LogP) is 1.62. The first-order chi connectivity index (χ1) is 9.59.